The summed E-state index contributed by atoms with van der Waals surface area (Å²) in [5.41, 5.74) is 4.12. The molecule has 0 unspecified atom stereocenters. The van der Waals surface area contributed by atoms with Crippen LogP contribution in [0, 0.1) is 13.8 Å². The molecule has 0 spiro atoms. The zero-order chi connectivity index (χ0) is 19.1. The molecule has 0 fully saturated rings. The van der Waals surface area contributed by atoms with Crippen molar-refractivity contribution in [2.75, 3.05) is 10.6 Å². The third-order valence-corrected chi connectivity index (χ3v) is 5.94. The molecule has 0 radical (unpaired) electrons. The van der Waals surface area contributed by atoms with Crippen LogP contribution in [0.3, 0.4) is 0 Å². The highest BCUT2D eigenvalue weighted by Crippen LogP contribution is 2.39. The van der Waals surface area contributed by atoms with Gasteiger partial charge in [0.2, 0.25) is 5.95 Å². The zero-order valence-corrected chi connectivity index (χ0v) is 16.6. The summed E-state index contributed by atoms with van der Waals surface area (Å²) in [5, 5.41) is 13.1. The molecule has 8 heteroatoms. The van der Waals surface area contributed by atoms with Crippen molar-refractivity contribution in [2.45, 2.75) is 26.8 Å². The molecule has 1 aliphatic rings. The van der Waals surface area contributed by atoms with E-state index >= 15 is 0 Å². The Labute approximate surface area is 165 Å². The van der Waals surface area contributed by atoms with Gasteiger partial charge in [0, 0.05) is 21.3 Å². The summed E-state index contributed by atoms with van der Waals surface area (Å²) in [6.45, 7) is 5.85. The van der Waals surface area contributed by atoms with E-state index in [-0.39, 0.29) is 11.9 Å². The highest BCUT2D eigenvalue weighted by atomic mass is 35.5. The average Bonchev–Trinajstić information content (AvgIpc) is 3.25. The van der Waals surface area contributed by atoms with E-state index in [1.54, 1.807) is 28.2 Å². The van der Waals surface area contributed by atoms with E-state index in [0.29, 0.717) is 22.2 Å². The van der Waals surface area contributed by atoms with Crippen molar-refractivity contribution < 1.29 is 4.79 Å². The number of aryl methyl sites for hydroxylation is 2. The summed E-state index contributed by atoms with van der Waals surface area (Å²) in [7, 11) is 0. The Balaban J connectivity index is 1.78. The smallest absolute Gasteiger partial charge is 0.255 e. The van der Waals surface area contributed by atoms with Crippen LogP contribution in [0.1, 0.15) is 29.0 Å². The number of hydrogen-bond acceptors (Lipinski definition) is 5. The van der Waals surface area contributed by atoms with Crippen molar-refractivity contribution >= 4 is 40.5 Å². The highest BCUT2D eigenvalue weighted by molar-refractivity contribution is 7.10. The topological polar surface area (TPSA) is 71.8 Å². The molecule has 2 N–H and O–H groups in total. The molecule has 0 bridgehead atoms. The van der Waals surface area contributed by atoms with Crippen molar-refractivity contribution in [3.8, 4) is 0 Å². The summed E-state index contributed by atoms with van der Waals surface area (Å²) in [6, 6.07) is 7.16. The number of rotatable bonds is 3. The van der Waals surface area contributed by atoms with Crippen LogP contribution in [0.4, 0.5) is 11.6 Å². The van der Waals surface area contributed by atoms with Crippen molar-refractivity contribution in [3.63, 3.8) is 0 Å². The predicted octanol–water partition coefficient (Wildman–Crippen LogP) is 4.54. The first-order chi connectivity index (χ1) is 13.0. The van der Waals surface area contributed by atoms with Crippen LogP contribution in [0.5, 0.6) is 0 Å². The van der Waals surface area contributed by atoms with Gasteiger partial charge in [-0.05, 0) is 55.5 Å². The number of halogens is 1. The first kappa shape index (κ1) is 17.8. The first-order valence-corrected chi connectivity index (χ1v) is 9.70. The lowest BCUT2D eigenvalue weighted by Crippen LogP contribution is -2.31. The van der Waals surface area contributed by atoms with Gasteiger partial charge in [0.15, 0.2) is 0 Å². The van der Waals surface area contributed by atoms with Crippen molar-refractivity contribution in [2.24, 2.45) is 0 Å². The van der Waals surface area contributed by atoms with Crippen molar-refractivity contribution in [1.29, 1.82) is 0 Å². The lowest BCUT2D eigenvalue weighted by molar-refractivity contribution is -0.113. The number of nitrogens with zero attached hydrogens (tertiary/aromatic N) is 3. The number of aromatic nitrogens is 3. The zero-order valence-electron chi connectivity index (χ0n) is 15.1. The molecule has 1 aromatic carbocycles. The largest absolute Gasteiger partial charge is 0.328 e. The number of anilines is 2. The summed E-state index contributed by atoms with van der Waals surface area (Å²) >= 11 is 7.71. The second-order valence-corrected chi connectivity index (χ2v) is 7.86. The minimum Gasteiger partial charge on any atom is -0.328 e. The quantitative estimate of drug-likeness (QED) is 0.678. The number of benzene rings is 1. The first-order valence-electron chi connectivity index (χ1n) is 8.44. The molecular formula is C19H18ClN5OS. The highest BCUT2D eigenvalue weighted by Gasteiger charge is 2.35. The standard InChI is InChI=1S/C19H18ClN5OS/c1-10-4-5-13(20)8-14(10)24-18(26)15-12(3)23-19-21-9-22-25(19)16(15)17-11(2)6-7-27-17/h4-9,16H,1-3H3,(H,24,26)(H,21,22,23)/t16-/m1/s1. The number of thiophene rings is 1. The number of carbonyl (C=O) groups is 1. The molecule has 0 saturated heterocycles. The summed E-state index contributed by atoms with van der Waals surface area (Å²) < 4.78 is 1.76. The molecule has 0 aliphatic carbocycles. The number of carbonyl (C=O) groups excluding carboxylic acids is 1. The molecule has 27 heavy (non-hydrogen) atoms. The molecule has 138 valence electrons. The molecule has 1 amide bonds. The number of allylic oxidation sites excluding steroid dienone is 1. The van der Waals surface area contributed by atoms with Gasteiger partial charge in [-0.2, -0.15) is 10.1 Å². The van der Waals surface area contributed by atoms with E-state index in [1.165, 1.54) is 6.33 Å². The van der Waals surface area contributed by atoms with Crippen LogP contribution >= 0.6 is 22.9 Å². The maximum atomic E-state index is 13.3. The molecular weight excluding hydrogens is 382 g/mol. The molecule has 3 aromatic rings. The van der Waals surface area contributed by atoms with Crippen LogP contribution in [0.15, 0.2) is 47.2 Å². The fourth-order valence-corrected chi connectivity index (χ4v) is 4.40. The Kier molecular flexibility index (Phi) is 4.49. The molecule has 1 aliphatic heterocycles. The van der Waals surface area contributed by atoms with Gasteiger partial charge in [-0.15, -0.1) is 11.3 Å². The molecule has 3 heterocycles. The van der Waals surface area contributed by atoms with Gasteiger partial charge in [0.05, 0.1) is 5.57 Å². The Bertz CT molecular complexity index is 1070. The predicted molar refractivity (Wildman–Crippen MR) is 108 cm³/mol. The average molecular weight is 400 g/mol. The summed E-state index contributed by atoms with van der Waals surface area (Å²) in [5.74, 6) is 0.435. The van der Waals surface area contributed by atoms with E-state index in [1.807, 2.05) is 38.3 Å². The van der Waals surface area contributed by atoms with E-state index < -0.39 is 0 Å². The van der Waals surface area contributed by atoms with Crippen LogP contribution in [-0.2, 0) is 4.79 Å². The van der Waals surface area contributed by atoms with Crippen LogP contribution in [0.2, 0.25) is 5.02 Å². The molecule has 2 aromatic heterocycles. The number of amides is 1. The summed E-state index contributed by atoms with van der Waals surface area (Å²) in [6.07, 6.45) is 1.49. The monoisotopic (exact) mass is 399 g/mol. The van der Waals surface area contributed by atoms with E-state index in [9.17, 15) is 4.79 Å². The lowest BCUT2D eigenvalue weighted by atomic mass is 9.98. The Morgan fingerprint density at radius 2 is 2.07 bits per heavy atom. The molecule has 4 rings (SSSR count). The Hall–Kier alpha value is -2.64. The van der Waals surface area contributed by atoms with Gasteiger partial charge in [-0.25, -0.2) is 4.68 Å². The molecule has 1 atom stereocenters. The van der Waals surface area contributed by atoms with Crippen molar-refractivity contribution in [1.82, 2.24) is 14.8 Å². The Morgan fingerprint density at radius 3 is 2.81 bits per heavy atom. The van der Waals surface area contributed by atoms with Gasteiger partial charge >= 0.3 is 0 Å². The third-order valence-electron chi connectivity index (χ3n) is 4.64. The van der Waals surface area contributed by atoms with Gasteiger partial charge in [-0.1, -0.05) is 17.7 Å². The summed E-state index contributed by atoms with van der Waals surface area (Å²) in [4.78, 5) is 18.6. The normalized spacial score (nSPS) is 16.1. The van der Waals surface area contributed by atoms with Crippen molar-refractivity contribution in [3.05, 3.63) is 68.3 Å². The van der Waals surface area contributed by atoms with E-state index in [4.69, 9.17) is 11.6 Å². The van der Waals surface area contributed by atoms with E-state index in [0.717, 1.165) is 21.7 Å². The maximum absolute atomic E-state index is 13.3. The van der Waals surface area contributed by atoms with Crippen LogP contribution in [0.25, 0.3) is 0 Å². The molecule has 0 saturated carbocycles. The van der Waals surface area contributed by atoms with Gasteiger partial charge in [0.1, 0.15) is 12.4 Å². The second-order valence-electron chi connectivity index (χ2n) is 6.48. The fraction of sp³-hybridized carbons (Fsp3) is 0.211. The van der Waals surface area contributed by atoms with E-state index in [2.05, 4.69) is 20.7 Å². The SMILES string of the molecule is CC1=C(C(=O)Nc2cc(Cl)ccc2C)[C@H](c2sccc2C)n2ncnc2N1. The second kappa shape index (κ2) is 6.83. The number of fused-ring (bicyclic) bond motifs is 1. The minimum atomic E-state index is -0.330. The third kappa shape index (κ3) is 3.13. The number of nitrogens with one attached hydrogen (secondary N) is 2. The Morgan fingerprint density at radius 1 is 1.26 bits per heavy atom. The van der Waals surface area contributed by atoms with Crippen LogP contribution in [-0.4, -0.2) is 20.7 Å². The maximum Gasteiger partial charge on any atom is 0.255 e. The van der Waals surface area contributed by atoms with Crippen LogP contribution < -0.4 is 10.6 Å². The number of hydrogen-bond donors (Lipinski definition) is 2. The van der Waals surface area contributed by atoms with Gasteiger partial charge in [-0.3, -0.25) is 4.79 Å². The van der Waals surface area contributed by atoms with Gasteiger partial charge in [0.25, 0.3) is 5.91 Å². The lowest BCUT2D eigenvalue weighted by Gasteiger charge is -2.28. The molecule has 6 nitrogen and oxygen atoms in total. The fourth-order valence-electron chi connectivity index (χ4n) is 3.21. The minimum absolute atomic E-state index is 0.190. The van der Waals surface area contributed by atoms with Gasteiger partial charge < -0.3 is 10.6 Å².